The Bertz CT molecular complexity index is 339. The quantitative estimate of drug-likeness (QED) is 0.834. The molecule has 1 unspecified atom stereocenters. The van der Waals surface area contributed by atoms with E-state index in [1.165, 1.54) is 6.07 Å². The van der Waals surface area contributed by atoms with Crippen molar-refractivity contribution in [3.63, 3.8) is 0 Å². The van der Waals surface area contributed by atoms with E-state index >= 15 is 0 Å². The van der Waals surface area contributed by atoms with Crippen LogP contribution in [-0.2, 0) is 6.42 Å². The molecule has 84 valence electrons. The normalized spacial score (nSPS) is 15.0. The van der Waals surface area contributed by atoms with Crippen LogP contribution in [0.5, 0.6) is 0 Å². The van der Waals surface area contributed by atoms with Gasteiger partial charge in [-0.05, 0) is 18.1 Å². The van der Waals surface area contributed by atoms with Gasteiger partial charge in [0.05, 0.1) is 10.6 Å². The van der Waals surface area contributed by atoms with Crippen LogP contribution in [-0.4, -0.2) is 17.3 Å². The predicted octanol–water partition coefficient (Wildman–Crippen LogP) is 2.12. The van der Waals surface area contributed by atoms with Crippen LogP contribution >= 0.6 is 11.6 Å². The van der Waals surface area contributed by atoms with Crippen LogP contribution < -0.4 is 5.73 Å². The highest BCUT2D eigenvalue weighted by Crippen LogP contribution is 2.23. The monoisotopic (exact) mass is 231 g/mol. The molecule has 1 atom stereocenters. The van der Waals surface area contributed by atoms with Gasteiger partial charge in [-0.15, -0.1) is 0 Å². The lowest BCUT2D eigenvalue weighted by molar-refractivity contribution is 0.0448. The molecule has 0 aliphatic rings. The fraction of sp³-hybridized carbons (Fsp3) is 0.455. The summed E-state index contributed by atoms with van der Waals surface area (Å²) in [4.78, 5) is 0. The summed E-state index contributed by atoms with van der Waals surface area (Å²) in [6, 6.07) is 4.75. The number of nitrogens with two attached hydrogens (primary N) is 1. The lowest BCUT2D eigenvalue weighted by Crippen LogP contribution is -2.39. The van der Waals surface area contributed by atoms with Gasteiger partial charge >= 0.3 is 0 Å². The highest BCUT2D eigenvalue weighted by Gasteiger charge is 2.24. The smallest absolute Gasteiger partial charge is 0.145 e. The van der Waals surface area contributed by atoms with Crippen LogP contribution in [0.1, 0.15) is 18.9 Å². The van der Waals surface area contributed by atoms with Crippen LogP contribution in [0.25, 0.3) is 0 Å². The maximum Gasteiger partial charge on any atom is 0.145 e. The largest absolute Gasteiger partial charge is 0.388 e. The lowest BCUT2D eigenvalue weighted by Gasteiger charge is -2.25. The predicted molar refractivity (Wildman–Crippen MR) is 59.4 cm³/mol. The Morgan fingerprint density at radius 1 is 1.53 bits per heavy atom. The molecule has 0 aromatic heterocycles. The molecule has 15 heavy (non-hydrogen) atoms. The molecular formula is C11H15ClFNO. The summed E-state index contributed by atoms with van der Waals surface area (Å²) in [5.41, 5.74) is 4.80. The number of benzene rings is 1. The molecule has 1 rings (SSSR count). The molecule has 0 bridgehead atoms. The minimum Gasteiger partial charge on any atom is -0.388 e. The van der Waals surface area contributed by atoms with Crippen molar-refractivity contribution in [2.75, 3.05) is 6.54 Å². The molecule has 0 spiro atoms. The molecule has 0 aliphatic heterocycles. The third kappa shape index (κ3) is 2.91. The summed E-state index contributed by atoms with van der Waals surface area (Å²) in [7, 11) is 0. The standard InChI is InChI=1S/C11H15ClFNO/c1-2-11(15,7-14)6-8-4-3-5-9(12)10(8)13/h3-5,15H,2,6-7,14H2,1H3. The van der Waals surface area contributed by atoms with E-state index < -0.39 is 11.4 Å². The Hall–Kier alpha value is -0.640. The third-order valence-corrected chi connectivity index (χ3v) is 2.88. The summed E-state index contributed by atoms with van der Waals surface area (Å²) < 4.78 is 13.5. The van der Waals surface area contributed by atoms with E-state index in [4.69, 9.17) is 17.3 Å². The van der Waals surface area contributed by atoms with Gasteiger partial charge in [-0.1, -0.05) is 30.7 Å². The summed E-state index contributed by atoms with van der Waals surface area (Å²) in [6.45, 7) is 1.92. The number of rotatable bonds is 4. The van der Waals surface area contributed by atoms with Crippen molar-refractivity contribution in [3.05, 3.63) is 34.6 Å². The highest BCUT2D eigenvalue weighted by molar-refractivity contribution is 6.30. The van der Waals surface area contributed by atoms with Crippen molar-refractivity contribution in [3.8, 4) is 0 Å². The van der Waals surface area contributed by atoms with Crippen molar-refractivity contribution < 1.29 is 9.50 Å². The van der Waals surface area contributed by atoms with E-state index in [9.17, 15) is 9.50 Å². The van der Waals surface area contributed by atoms with Crippen LogP contribution in [0.3, 0.4) is 0 Å². The minimum atomic E-state index is -1.05. The molecular weight excluding hydrogens is 217 g/mol. The first-order valence-electron chi connectivity index (χ1n) is 4.88. The summed E-state index contributed by atoms with van der Waals surface area (Å²) in [5, 5.41) is 10.0. The first-order chi connectivity index (χ1) is 7.02. The molecule has 3 N–H and O–H groups in total. The fourth-order valence-corrected chi connectivity index (χ4v) is 1.58. The highest BCUT2D eigenvalue weighted by atomic mass is 35.5. The van der Waals surface area contributed by atoms with Gasteiger partial charge in [-0.2, -0.15) is 0 Å². The van der Waals surface area contributed by atoms with Crippen LogP contribution in [0.4, 0.5) is 4.39 Å². The topological polar surface area (TPSA) is 46.2 Å². The maximum absolute atomic E-state index is 13.5. The molecule has 0 saturated heterocycles. The van der Waals surface area contributed by atoms with Crippen molar-refractivity contribution in [1.82, 2.24) is 0 Å². The number of halogens is 2. The van der Waals surface area contributed by atoms with Gasteiger partial charge in [0.2, 0.25) is 0 Å². The molecule has 0 fully saturated rings. The SMILES string of the molecule is CCC(O)(CN)Cc1cccc(Cl)c1F. The molecule has 1 aromatic rings. The molecule has 0 heterocycles. The van der Waals surface area contributed by atoms with E-state index in [-0.39, 0.29) is 18.0 Å². The van der Waals surface area contributed by atoms with Crippen molar-refractivity contribution in [2.45, 2.75) is 25.4 Å². The zero-order chi connectivity index (χ0) is 11.5. The Balaban J connectivity index is 2.94. The second-order valence-corrected chi connectivity index (χ2v) is 4.08. The van der Waals surface area contributed by atoms with Gasteiger partial charge in [0.15, 0.2) is 0 Å². The van der Waals surface area contributed by atoms with Crippen LogP contribution in [0, 0.1) is 5.82 Å². The number of aliphatic hydroxyl groups is 1. The Morgan fingerprint density at radius 3 is 2.73 bits per heavy atom. The zero-order valence-electron chi connectivity index (χ0n) is 8.63. The molecule has 0 amide bonds. The Kier molecular flexibility index (Phi) is 4.08. The number of hydrogen-bond acceptors (Lipinski definition) is 2. The minimum absolute atomic E-state index is 0.0722. The molecule has 4 heteroatoms. The fourth-order valence-electron chi connectivity index (χ4n) is 1.38. The van der Waals surface area contributed by atoms with Gasteiger partial charge in [0.25, 0.3) is 0 Å². The average Bonchev–Trinajstić information content (AvgIpc) is 2.25. The van der Waals surface area contributed by atoms with Crippen molar-refractivity contribution in [2.24, 2.45) is 5.73 Å². The van der Waals surface area contributed by atoms with Gasteiger partial charge in [-0.3, -0.25) is 0 Å². The van der Waals surface area contributed by atoms with Gasteiger partial charge in [0.1, 0.15) is 5.82 Å². The maximum atomic E-state index is 13.5. The molecule has 2 nitrogen and oxygen atoms in total. The second kappa shape index (κ2) is 4.92. The van der Waals surface area contributed by atoms with Gasteiger partial charge in [0, 0.05) is 13.0 Å². The lowest BCUT2D eigenvalue weighted by atomic mass is 9.92. The molecule has 0 saturated carbocycles. The first-order valence-corrected chi connectivity index (χ1v) is 5.25. The second-order valence-electron chi connectivity index (χ2n) is 3.67. The van der Waals surface area contributed by atoms with Gasteiger partial charge in [-0.25, -0.2) is 4.39 Å². The molecule has 0 aliphatic carbocycles. The summed E-state index contributed by atoms with van der Waals surface area (Å²) >= 11 is 5.64. The molecule has 1 aromatic carbocycles. The van der Waals surface area contributed by atoms with Crippen LogP contribution in [0.15, 0.2) is 18.2 Å². The van der Waals surface area contributed by atoms with Crippen molar-refractivity contribution >= 4 is 11.6 Å². The first kappa shape index (κ1) is 12.4. The Morgan fingerprint density at radius 2 is 2.20 bits per heavy atom. The average molecular weight is 232 g/mol. The summed E-state index contributed by atoms with van der Waals surface area (Å²) in [6.07, 6.45) is 0.668. The van der Waals surface area contributed by atoms with Crippen LogP contribution in [0.2, 0.25) is 5.02 Å². The van der Waals surface area contributed by atoms with Gasteiger partial charge < -0.3 is 10.8 Å². The van der Waals surface area contributed by atoms with E-state index in [0.717, 1.165) is 0 Å². The zero-order valence-corrected chi connectivity index (χ0v) is 9.39. The van der Waals surface area contributed by atoms with Crippen molar-refractivity contribution in [1.29, 1.82) is 0 Å². The van der Waals surface area contributed by atoms with E-state index in [1.807, 2.05) is 6.92 Å². The Labute approximate surface area is 93.9 Å². The summed E-state index contributed by atoms with van der Waals surface area (Å²) in [5.74, 6) is -0.473. The van der Waals surface area contributed by atoms with E-state index in [2.05, 4.69) is 0 Å². The van der Waals surface area contributed by atoms with E-state index in [1.54, 1.807) is 12.1 Å². The third-order valence-electron chi connectivity index (χ3n) is 2.59. The number of hydrogen-bond donors (Lipinski definition) is 2. The molecule has 0 radical (unpaired) electrons. The van der Waals surface area contributed by atoms with E-state index in [0.29, 0.717) is 12.0 Å².